The molecule has 6 nitrogen and oxygen atoms in total. The van der Waals surface area contributed by atoms with Gasteiger partial charge in [-0.25, -0.2) is 9.67 Å². The maximum atomic E-state index is 6.00. The van der Waals surface area contributed by atoms with Gasteiger partial charge in [-0.3, -0.25) is 4.90 Å². The standard InChI is InChI=1S/C18H26N6/c1-2-23-11-3-5-17(23)14-21-18(19)20-13-15-6-8-16(9-7-15)24-12-4-10-22-24/h4,6-10,12,17H,2-3,5,11,13-14H2,1H3,(H3,19,20,21)/t17-/m0/s1. The van der Waals surface area contributed by atoms with Crippen LogP contribution < -0.4 is 11.1 Å². The van der Waals surface area contributed by atoms with Crippen LogP contribution in [-0.4, -0.2) is 46.3 Å². The highest BCUT2D eigenvalue weighted by Gasteiger charge is 2.22. The van der Waals surface area contributed by atoms with Gasteiger partial charge in [-0.1, -0.05) is 19.1 Å². The molecule has 0 saturated carbocycles. The second kappa shape index (κ2) is 7.97. The summed E-state index contributed by atoms with van der Waals surface area (Å²) in [6.07, 6.45) is 6.22. The number of nitrogens with one attached hydrogen (secondary N) is 1. The monoisotopic (exact) mass is 326 g/mol. The van der Waals surface area contributed by atoms with E-state index >= 15 is 0 Å². The Morgan fingerprint density at radius 1 is 1.38 bits per heavy atom. The van der Waals surface area contributed by atoms with E-state index in [0.29, 0.717) is 18.5 Å². The minimum absolute atomic E-state index is 0.522. The maximum absolute atomic E-state index is 6.00. The molecule has 1 aliphatic heterocycles. The van der Waals surface area contributed by atoms with Crippen LogP contribution in [0.25, 0.3) is 5.69 Å². The summed E-state index contributed by atoms with van der Waals surface area (Å²) in [6, 6.07) is 10.7. The van der Waals surface area contributed by atoms with Crippen molar-refractivity contribution < 1.29 is 0 Å². The van der Waals surface area contributed by atoms with Gasteiger partial charge in [0.05, 0.1) is 12.2 Å². The average Bonchev–Trinajstić information content (AvgIpc) is 3.29. The highest BCUT2D eigenvalue weighted by molar-refractivity contribution is 5.77. The molecule has 1 atom stereocenters. The Bertz CT molecular complexity index is 647. The topological polar surface area (TPSA) is 71.5 Å². The van der Waals surface area contributed by atoms with Crippen LogP contribution >= 0.6 is 0 Å². The minimum atomic E-state index is 0.522. The predicted octanol–water partition coefficient (Wildman–Crippen LogP) is 1.76. The van der Waals surface area contributed by atoms with Crippen molar-refractivity contribution in [3.63, 3.8) is 0 Å². The fourth-order valence-electron chi connectivity index (χ4n) is 3.17. The van der Waals surface area contributed by atoms with Crippen molar-refractivity contribution in [3.8, 4) is 5.69 Å². The summed E-state index contributed by atoms with van der Waals surface area (Å²) in [5.74, 6) is 0.522. The Labute approximate surface area is 143 Å². The first-order valence-electron chi connectivity index (χ1n) is 8.63. The smallest absolute Gasteiger partial charge is 0.188 e. The molecule has 0 unspecified atom stereocenters. The molecule has 1 aromatic heterocycles. The van der Waals surface area contributed by atoms with Crippen molar-refractivity contribution in [1.82, 2.24) is 20.0 Å². The number of aromatic nitrogens is 2. The number of nitrogens with zero attached hydrogens (tertiary/aromatic N) is 4. The summed E-state index contributed by atoms with van der Waals surface area (Å²) in [5.41, 5.74) is 8.17. The lowest BCUT2D eigenvalue weighted by molar-refractivity contribution is 0.267. The largest absolute Gasteiger partial charge is 0.370 e. The molecule has 128 valence electrons. The lowest BCUT2D eigenvalue weighted by atomic mass is 10.2. The molecule has 0 amide bonds. The van der Waals surface area contributed by atoms with Crippen LogP contribution in [0.1, 0.15) is 25.3 Å². The lowest BCUT2D eigenvalue weighted by Crippen LogP contribution is -2.42. The maximum Gasteiger partial charge on any atom is 0.188 e. The van der Waals surface area contributed by atoms with Gasteiger partial charge in [0, 0.05) is 25.0 Å². The van der Waals surface area contributed by atoms with E-state index in [-0.39, 0.29) is 0 Å². The van der Waals surface area contributed by atoms with Crippen LogP contribution in [-0.2, 0) is 6.54 Å². The Morgan fingerprint density at radius 3 is 2.92 bits per heavy atom. The van der Waals surface area contributed by atoms with Gasteiger partial charge in [-0.15, -0.1) is 0 Å². The number of likely N-dealkylation sites (N-methyl/N-ethyl adjacent to an activating group) is 1. The number of hydrogen-bond donors (Lipinski definition) is 2. The fourth-order valence-corrected chi connectivity index (χ4v) is 3.17. The van der Waals surface area contributed by atoms with Gasteiger partial charge in [0.15, 0.2) is 5.96 Å². The summed E-state index contributed by atoms with van der Waals surface area (Å²) in [6.45, 7) is 5.97. The number of aliphatic imine (C=N–C) groups is 1. The molecule has 0 spiro atoms. The predicted molar refractivity (Wildman–Crippen MR) is 97.2 cm³/mol. The van der Waals surface area contributed by atoms with Crippen molar-refractivity contribution >= 4 is 5.96 Å². The number of nitrogens with two attached hydrogens (primary N) is 1. The van der Waals surface area contributed by atoms with Crippen molar-refractivity contribution in [2.24, 2.45) is 10.7 Å². The van der Waals surface area contributed by atoms with Crippen molar-refractivity contribution in [2.75, 3.05) is 19.6 Å². The van der Waals surface area contributed by atoms with Gasteiger partial charge in [0.2, 0.25) is 0 Å². The second-order valence-electron chi connectivity index (χ2n) is 6.12. The molecule has 1 aromatic carbocycles. The summed E-state index contributed by atoms with van der Waals surface area (Å²) >= 11 is 0. The van der Waals surface area contributed by atoms with Gasteiger partial charge >= 0.3 is 0 Å². The first-order chi connectivity index (χ1) is 11.8. The Kier molecular flexibility index (Phi) is 5.48. The van der Waals surface area contributed by atoms with Gasteiger partial charge in [-0.05, 0) is 49.7 Å². The molecule has 0 aliphatic carbocycles. The average molecular weight is 326 g/mol. The number of benzene rings is 1. The van der Waals surface area contributed by atoms with Crippen molar-refractivity contribution in [1.29, 1.82) is 0 Å². The molecule has 0 radical (unpaired) electrons. The molecule has 0 bridgehead atoms. The number of likely N-dealkylation sites (tertiary alicyclic amines) is 1. The third-order valence-corrected chi connectivity index (χ3v) is 4.56. The molecule has 1 fully saturated rings. The van der Waals surface area contributed by atoms with E-state index in [1.807, 2.05) is 29.1 Å². The zero-order chi connectivity index (χ0) is 16.8. The van der Waals surface area contributed by atoms with Gasteiger partial charge in [0.1, 0.15) is 0 Å². The zero-order valence-corrected chi connectivity index (χ0v) is 14.2. The molecule has 2 aromatic rings. The SMILES string of the molecule is CCN1CCC[C@H]1CNC(N)=NCc1ccc(-n2cccn2)cc1. The van der Waals surface area contributed by atoms with Gasteiger partial charge in [0.25, 0.3) is 0 Å². The van der Waals surface area contributed by atoms with E-state index in [1.165, 1.54) is 19.4 Å². The van der Waals surface area contributed by atoms with E-state index in [1.54, 1.807) is 6.20 Å². The van der Waals surface area contributed by atoms with Crippen LogP contribution in [0.2, 0.25) is 0 Å². The quantitative estimate of drug-likeness (QED) is 0.627. The van der Waals surface area contributed by atoms with Gasteiger partial charge in [-0.2, -0.15) is 5.10 Å². The first-order valence-corrected chi connectivity index (χ1v) is 8.63. The summed E-state index contributed by atoms with van der Waals surface area (Å²) < 4.78 is 1.84. The van der Waals surface area contributed by atoms with E-state index < -0.39 is 0 Å². The van der Waals surface area contributed by atoms with Crippen LogP contribution in [0.5, 0.6) is 0 Å². The van der Waals surface area contributed by atoms with Crippen LogP contribution in [0.3, 0.4) is 0 Å². The highest BCUT2D eigenvalue weighted by atomic mass is 15.3. The molecule has 3 N–H and O–H groups in total. The van der Waals surface area contributed by atoms with E-state index in [4.69, 9.17) is 5.73 Å². The third kappa shape index (κ3) is 4.14. The first kappa shape index (κ1) is 16.5. The van der Waals surface area contributed by atoms with E-state index in [9.17, 15) is 0 Å². The Morgan fingerprint density at radius 2 is 2.21 bits per heavy atom. The van der Waals surface area contributed by atoms with E-state index in [0.717, 1.165) is 24.3 Å². The summed E-state index contributed by atoms with van der Waals surface area (Å²) in [7, 11) is 0. The number of guanidine groups is 1. The molecule has 24 heavy (non-hydrogen) atoms. The number of hydrogen-bond acceptors (Lipinski definition) is 3. The number of rotatable bonds is 6. The third-order valence-electron chi connectivity index (χ3n) is 4.56. The Hall–Kier alpha value is -2.34. The molecular formula is C18H26N6. The minimum Gasteiger partial charge on any atom is -0.370 e. The van der Waals surface area contributed by atoms with Crippen molar-refractivity contribution in [3.05, 3.63) is 48.3 Å². The highest BCUT2D eigenvalue weighted by Crippen LogP contribution is 2.15. The van der Waals surface area contributed by atoms with Crippen LogP contribution in [0.15, 0.2) is 47.7 Å². The molecule has 6 heteroatoms. The van der Waals surface area contributed by atoms with Crippen LogP contribution in [0, 0.1) is 0 Å². The molecule has 1 aliphatic rings. The van der Waals surface area contributed by atoms with Crippen LogP contribution in [0.4, 0.5) is 0 Å². The lowest BCUT2D eigenvalue weighted by Gasteiger charge is -2.23. The molecule has 1 saturated heterocycles. The summed E-state index contributed by atoms with van der Waals surface area (Å²) in [4.78, 5) is 6.94. The molecule has 3 rings (SSSR count). The Balaban J connectivity index is 1.49. The normalized spacial score (nSPS) is 18.9. The molecule has 2 heterocycles. The van der Waals surface area contributed by atoms with Crippen molar-refractivity contribution in [2.45, 2.75) is 32.4 Å². The molecular weight excluding hydrogens is 300 g/mol. The fraction of sp³-hybridized carbons (Fsp3) is 0.444. The van der Waals surface area contributed by atoms with E-state index in [2.05, 4.69) is 39.4 Å². The zero-order valence-electron chi connectivity index (χ0n) is 14.2. The second-order valence-corrected chi connectivity index (χ2v) is 6.12. The van der Waals surface area contributed by atoms with Gasteiger partial charge < -0.3 is 11.1 Å². The summed E-state index contributed by atoms with van der Waals surface area (Å²) in [5, 5.41) is 7.49.